The molecule has 3 nitrogen and oxygen atoms in total. The maximum atomic E-state index is 13.5. The molecule has 6 heteroatoms. The van der Waals surface area contributed by atoms with E-state index in [2.05, 4.69) is 50.7 Å². The number of aromatic nitrogens is 1. The highest BCUT2D eigenvalue weighted by molar-refractivity contribution is 9.10. The van der Waals surface area contributed by atoms with E-state index in [1.807, 2.05) is 35.2 Å². The van der Waals surface area contributed by atoms with E-state index < -0.39 is 5.41 Å². The Labute approximate surface area is 176 Å². The SMILES string of the molecule is CC(C)CN(Cc1cc(Cl)ccc1Br)C(=O)C1(c2ccc(Br)cn2)CC1. The summed E-state index contributed by atoms with van der Waals surface area (Å²) in [5.74, 6) is 0.540. The van der Waals surface area contributed by atoms with Gasteiger partial charge in [-0.25, -0.2) is 0 Å². The number of halogens is 3. The number of pyridine rings is 1. The van der Waals surface area contributed by atoms with Crippen molar-refractivity contribution in [2.24, 2.45) is 5.92 Å². The molecule has 1 aliphatic rings. The Hall–Kier alpha value is -0.910. The first-order valence-corrected chi connectivity index (χ1v) is 10.6. The summed E-state index contributed by atoms with van der Waals surface area (Å²) in [5, 5.41) is 0.677. The van der Waals surface area contributed by atoms with Crippen molar-refractivity contribution < 1.29 is 4.79 Å². The molecule has 1 heterocycles. The van der Waals surface area contributed by atoms with Gasteiger partial charge in [0.1, 0.15) is 0 Å². The molecule has 2 aromatic rings. The van der Waals surface area contributed by atoms with Crippen molar-refractivity contribution in [3.63, 3.8) is 0 Å². The fourth-order valence-corrected chi connectivity index (χ4v) is 4.00. The summed E-state index contributed by atoms with van der Waals surface area (Å²) >= 11 is 13.2. The van der Waals surface area contributed by atoms with Crippen LogP contribution < -0.4 is 0 Å². The predicted molar refractivity (Wildman–Crippen MR) is 112 cm³/mol. The molecule has 0 atom stereocenters. The van der Waals surface area contributed by atoms with Crippen molar-refractivity contribution in [3.8, 4) is 0 Å². The second-order valence-electron chi connectivity index (χ2n) is 7.26. The number of rotatable bonds is 6. The lowest BCUT2D eigenvalue weighted by molar-refractivity contribution is -0.135. The highest BCUT2D eigenvalue weighted by atomic mass is 79.9. The van der Waals surface area contributed by atoms with Crippen LogP contribution in [0.25, 0.3) is 0 Å². The first-order valence-electron chi connectivity index (χ1n) is 8.67. The van der Waals surface area contributed by atoms with Crippen LogP contribution in [0.15, 0.2) is 45.5 Å². The van der Waals surface area contributed by atoms with E-state index in [-0.39, 0.29) is 5.91 Å². The van der Waals surface area contributed by atoms with Gasteiger partial charge in [0.2, 0.25) is 5.91 Å². The third-order valence-electron chi connectivity index (χ3n) is 4.62. The van der Waals surface area contributed by atoms with Gasteiger partial charge in [-0.1, -0.05) is 41.4 Å². The summed E-state index contributed by atoms with van der Waals surface area (Å²) in [6.07, 6.45) is 3.47. The normalized spacial score (nSPS) is 15.2. The molecular formula is C20H21Br2ClN2O. The van der Waals surface area contributed by atoms with Crippen molar-refractivity contribution in [2.75, 3.05) is 6.54 Å². The van der Waals surface area contributed by atoms with Crippen LogP contribution in [-0.4, -0.2) is 22.3 Å². The number of nitrogens with zero attached hydrogens (tertiary/aromatic N) is 2. The van der Waals surface area contributed by atoms with Gasteiger partial charge in [-0.15, -0.1) is 0 Å². The average Bonchev–Trinajstić information content (AvgIpc) is 3.39. The molecule has 0 aliphatic heterocycles. The van der Waals surface area contributed by atoms with Crippen LogP contribution in [0.2, 0.25) is 5.02 Å². The molecule has 138 valence electrons. The zero-order chi connectivity index (χ0) is 18.9. The molecule has 0 bridgehead atoms. The van der Waals surface area contributed by atoms with Gasteiger partial charge in [0, 0.05) is 33.3 Å². The lowest BCUT2D eigenvalue weighted by atomic mass is 9.98. The fraction of sp³-hybridized carbons (Fsp3) is 0.400. The van der Waals surface area contributed by atoms with Crippen molar-refractivity contribution in [3.05, 3.63) is 61.8 Å². The minimum atomic E-state index is -0.472. The van der Waals surface area contributed by atoms with E-state index >= 15 is 0 Å². The number of amides is 1. The number of hydrogen-bond acceptors (Lipinski definition) is 2. The maximum absolute atomic E-state index is 13.5. The van der Waals surface area contributed by atoms with Crippen LogP contribution in [0.5, 0.6) is 0 Å². The van der Waals surface area contributed by atoms with Crippen molar-refractivity contribution in [2.45, 2.75) is 38.6 Å². The van der Waals surface area contributed by atoms with Gasteiger partial charge in [0.05, 0.1) is 11.1 Å². The van der Waals surface area contributed by atoms with Crippen LogP contribution in [0.3, 0.4) is 0 Å². The molecule has 1 aromatic carbocycles. The van der Waals surface area contributed by atoms with E-state index in [9.17, 15) is 4.79 Å². The maximum Gasteiger partial charge on any atom is 0.235 e. The highest BCUT2D eigenvalue weighted by Gasteiger charge is 2.54. The zero-order valence-corrected chi connectivity index (χ0v) is 18.7. The monoisotopic (exact) mass is 498 g/mol. The summed E-state index contributed by atoms with van der Waals surface area (Å²) in [5.41, 5.74) is 1.41. The van der Waals surface area contributed by atoms with Gasteiger partial charge in [0.25, 0.3) is 0 Å². The summed E-state index contributed by atoms with van der Waals surface area (Å²) < 4.78 is 1.89. The van der Waals surface area contributed by atoms with Gasteiger partial charge in [0.15, 0.2) is 0 Å². The largest absolute Gasteiger partial charge is 0.337 e. The number of hydrogen-bond donors (Lipinski definition) is 0. The van der Waals surface area contributed by atoms with Crippen molar-refractivity contribution >= 4 is 49.4 Å². The molecule has 1 amide bonds. The Kier molecular flexibility index (Phi) is 6.10. The summed E-state index contributed by atoms with van der Waals surface area (Å²) in [7, 11) is 0. The molecule has 0 saturated heterocycles. The first-order chi connectivity index (χ1) is 12.3. The molecule has 1 aromatic heterocycles. The number of carbonyl (C=O) groups excluding carboxylic acids is 1. The lowest BCUT2D eigenvalue weighted by Crippen LogP contribution is -2.41. The highest BCUT2D eigenvalue weighted by Crippen LogP contribution is 2.49. The van der Waals surface area contributed by atoms with Crippen LogP contribution in [0, 0.1) is 5.92 Å². The van der Waals surface area contributed by atoms with E-state index in [0.29, 0.717) is 24.0 Å². The van der Waals surface area contributed by atoms with Gasteiger partial charge in [-0.2, -0.15) is 0 Å². The predicted octanol–water partition coefficient (Wildman–Crippen LogP) is 5.98. The van der Waals surface area contributed by atoms with Crippen LogP contribution in [0.4, 0.5) is 0 Å². The van der Waals surface area contributed by atoms with Gasteiger partial charge < -0.3 is 4.90 Å². The van der Waals surface area contributed by atoms with E-state index in [4.69, 9.17) is 11.6 Å². The Bertz CT molecular complexity index is 804. The van der Waals surface area contributed by atoms with Crippen molar-refractivity contribution in [1.82, 2.24) is 9.88 Å². The molecule has 26 heavy (non-hydrogen) atoms. The molecule has 1 aliphatic carbocycles. The molecular weight excluding hydrogens is 479 g/mol. The average molecular weight is 501 g/mol. The standard InChI is InChI=1S/C20H21Br2ClN2O/c1-13(2)11-25(12-14-9-16(23)4-5-17(14)22)19(26)20(7-8-20)18-6-3-15(21)10-24-18/h3-6,9-10,13H,7-8,11-12H2,1-2H3. The van der Waals surface area contributed by atoms with Crippen molar-refractivity contribution in [1.29, 1.82) is 0 Å². The molecule has 3 rings (SSSR count). The molecule has 1 saturated carbocycles. The minimum Gasteiger partial charge on any atom is -0.337 e. The number of carbonyl (C=O) groups is 1. The first kappa shape index (κ1) is 19.8. The number of benzene rings is 1. The Balaban J connectivity index is 1.88. The molecule has 0 radical (unpaired) electrons. The van der Waals surface area contributed by atoms with Gasteiger partial charge in [-0.3, -0.25) is 9.78 Å². The van der Waals surface area contributed by atoms with E-state index in [0.717, 1.165) is 33.0 Å². The summed E-state index contributed by atoms with van der Waals surface area (Å²) in [6, 6.07) is 9.61. The smallest absolute Gasteiger partial charge is 0.235 e. The van der Waals surface area contributed by atoms with Gasteiger partial charge in [-0.05, 0) is 70.6 Å². The molecule has 0 spiro atoms. The topological polar surface area (TPSA) is 33.2 Å². The quantitative estimate of drug-likeness (QED) is 0.489. The minimum absolute atomic E-state index is 0.160. The summed E-state index contributed by atoms with van der Waals surface area (Å²) in [4.78, 5) is 19.9. The van der Waals surface area contributed by atoms with Gasteiger partial charge >= 0.3 is 0 Å². The molecule has 1 fully saturated rings. The van der Waals surface area contributed by atoms with E-state index in [1.165, 1.54) is 0 Å². The van der Waals surface area contributed by atoms with Crippen LogP contribution in [0.1, 0.15) is 37.9 Å². The molecule has 0 unspecified atom stereocenters. The zero-order valence-electron chi connectivity index (χ0n) is 14.8. The third-order valence-corrected chi connectivity index (χ3v) is 6.10. The second kappa shape index (κ2) is 7.99. The molecule has 0 N–H and O–H groups in total. The Morgan fingerprint density at radius 2 is 2.00 bits per heavy atom. The van der Waals surface area contributed by atoms with Crippen LogP contribution >= 0.6 is 43.5 Å². The third kappa shape index (κ3) is 4.32. The van der Waals surface area contributed by atoms with E-state index in [1.54, 1.807) is 6.20 Å². The van der Waals surface area contributed by atoms with Crippen LogP contribution in [-0.2, 0) is 16.8 Å². The fourth-order valence-electron chi connectivity index (χ4n) is 3.20. The Morgan fingerprint density at radius 1 is 1.27 bits per heavy atom. The Morgan fingerprint density at radius 3 is 2.58 bits per heavy atom. The lowest BCUT2D eigenvalue weighted by Gasteiger charge is -2.29. The second-order valence-corrected chi connectivity index (χ2v) is 9.47. The summed E-state index contributed by atoms with van der Waals surface area (Å²) in [6.45, 7) is 5.50.